The molecule has 1 aromatic carbocycles. The Labute approximate surface area is 149 Å². The maximum Gasteiger partial charge on any atom is 0.262 e. The molecule has 0 spiro atoms. The highest BCUT2D eigenvalue weighted by Crippen LogP contribution is 2.27. The molecule has 7 heteroatoms. The average molecular weight is 363 g/mol. The Morgan fingerprint density at radius 1 is 1.20 bits per heavy atom. The standard InChI is InChI=1S/C18H25N3O3S/c1-6-14(4)20-18-8-7-15(11-19-18)21-25(22,23)17-10-12(2)16(24-5)9-13(17)3/h7-11,14,21H,6H2,1-5H3,(H,19,20). The first-order valence-corrected chi connectivity index (χ1v) is 9.65. The molecule has 0 fully saturated rings. The maximum atomic E-state index is 12.7. The number of nitrogens with zero attached hydrogens (tertiary/aromatic N) is 1. The first kappa shape index (κ1) is 19.1. The number of benzene rings is 1. The average Bonchev–Trinajstić information content (AvgIpc) is 2.57. The predicted octanol–water partition coefficient (Wildman–Crippen LogP) is 3.72. The smallest absolute Gasteiger partial charge is 0.262 e. The van der Waals surface area contributed by atoms with Gasteiger partial charge in [0.15, 0.2) is 0 Å². The van der Waals surface area contributed by atoms with Gasteiger partial charge in [-0.3, -0.25) is 4.72 Å². The number of sulfonamides is 1. The van der Waals surface area contributed by atoms with Crippen LogP contribution in [0.1, 0.15) is 31.4 Å². The number of pyridine rings is 1. The van der Waals surface area contributed by atoms with Gasteiger partial charge in [0.1, 0.15) is 11.6 Å². The Morgan fingerprint density at radius 2 is 1.92 bits per heavy atom. The van der Waals surface area contributed by atoms with Crippen LogP contribution in [0.3, 0.4) is 0 Å². The SMILES string of the molecule is CCC(C)Nc1ccc(NS(=O)(=O)c2cc(C)c(OC)cc2C)cn1. The van der Waals surface area contributed by atoms with E-state index in [1.54, 1.807) is 38.3 Å². The van der Waals surface area contributed by atoms with Crippen LogP contribution >= 0.6 is 0 Å². The van der Waals surface area contributed by atoms with E-state index in [9.17, 15) is 8.42 Å². The lowest BCUT2D eigenvalue weighted by Crippen LogP contribution is -2.16. The highest BCUT2D eigenvalue weighted by molar-refractivity contribution is 7.92. The van der Waals surface area contributed by atoms with Gasteiger partial charge in [-0.25, -0.2) is 13.4 Å². The highest BCUT2D eigenvalue weighted by Gasteiger charge is 2.19. The van der Waals surface area contributed by atoms with Gasteiger partial charge in [-0.05, 0) is 62.6 Å². The number of ether oxygens (including phenoxy) is 1. The molecular weight excluding hydrogens is 338 g/mol. The van der Waals surface area contributed by atoms with Gasteiger partial charge in [0.2, 0.25) is 0 Å². The molecule has 0 aliphatic rings. The first-order chi connectivity index (χ1) is 11.8. The van der Waals surface area contributed by atoms with Crippen molar-refractivity contribution in [1.82, 2.24) is 4.98 Å². The molecule has 6 nitrogen and oxygen atoms in total. The Kier molecular flexibility index (Phi) is 5.89. The highest BCUT2D eigenvalue weighted by atomic mass is 32.2. The molecular formula is C18H25N3O3S. The van der Waals surface area contributed by atoms with Crippen molar-refractivity contribution in [3.8, 4) is 5.75 Å². The molecule has 0 radical (unpaired) electrons. The molecule has 136 valence electrons. The topological polar surface area (TPSA) is 80.3 Å². The van der Waals surface area contributed by atoms with Gasteiger partial charge in [0.05, 0.1) is 23.9 Å². The molecule has 0 saturated carbocycles. The molecule has 25 heavy (non-hydrogen) atoms. The zero-order valence-corrected chi connectivity index (χ0v) is 16.1. The summed E-state index contributed by atoms with van der Waals surface area (Å²) in [4.78, 5) is 4.48. The normalized spacial score (nSPS) is 12.5. The fourth-order valence-electron chi connectivity index (χ4n) is 2.38. The zero-order chi connectivity index (χ0) is 18.6. The predicted molar refractivity (Wildman–Crippen MR) is 101 cm³/mol. The second-order valence-electron chi connectivity index (χ2n) is 6.08. The first-order valence-electron chi connectivity index (χ1n) is 8.17. The van der Waals surface area contributed by atoms with Crippen LogP contribution in [-0.4, -0.2) is 26.6 Å². The number of aromatic nitrogens is 1. The Morgan fingerprint density at radius 3 is 2.48 bits per heavy atom. The van der Waals surface area contributed by atoms with Crippen LogP contribution in [0.25, 0.3) is 0 Å². The van der Waals surface area contributed by atoms with Crippen molar-refractivity contribution in [1.29, 1.82) is 0 Å². The Balaban J connectivity index is 2.23. The third-order valence-electron chi connectivity index (χ3n) is 4.00. The largest absolute Gasteiger partial charge is 0.496 e. The van der Waals surface area contributed by atoms with Crippen molar-refractivity contribution < 1.29 is 13.2 Å². The van der Waals surface area contributed by atoms with Crippen LogP contribution in [0.2, 0.25) is 0 Å². The van der Waals surface area contributed by atoms with Gasteiger partial charge in [-0.1, -0.05) is 6.92 Å². The maximum absolute atomic E-state index is 12.7. The Hall–Kier alpha value is -2.28. The molecule has 0 aliphatic heterocycles. The second-order valence-corrected chi connectivity index (χ2v) is 7.73. The molecule has 0 aliphatic carbocycles. The van der Waals surface area contributed by atoms with Crippen molar-refractivity contribution in [3.05, 3.63) is 41.6 Å². The van der Waals surface area contributed by atoms with E-state index in [2.05, 4.69) is 28.9 Å². The molecule has 0 saturated heterocycles. The molecule has 1 atom stereocenters. The minimum Gasteiger partial charge on any atom is -0.496 e. The van der Waals surface area contributed by atoms with E-state index in [1.807, 2.05) is 6.92 Å². The lowest BCUT2D eigenvalue weighted by molar-refractivity contribution is 0.411. The third kappa shape index (κ3) is 4.63. The summed E-state index contributed by atoms with van der Waals surface area (Å²) in [5, 5.41) is 3.24. The second kappa shape index (κ2) is 7.74. The van der Waals surface area contributed by atoms with Crippen LogP contribution in [0, 0.1) is 13.8 Å². The van der Waals surface area contributed by atoms with E-state index in [4.69, 9.17) is 4.74 Å². The van der Waals surface area contributed by atoms with E-state index in [1.165, 1.54) is 6.20 Å². The molecule has 1 heterocycles. The molecule has 1 unspecified atom stereocenters. The van der Waals surface area contributed by atoms with Crippen LogP contribution in [-0.2, 0) is 10.0 Å². The summed E-state index contributed by atoms with van der Waals surface area (Å²) in [5.41, 5.74) is 1.81. The van der Waals surface area contributed by atoms with Gasteiger partial charge in [0, 0.05) is 6.04 Å². The summed E-state index contributed by atoms with van der Waals surface area (Å²) < 4.78 is 33.2. The summed E-state index contributed by atoms with van der Waals surface area (Å²) >= 11 is 0. The number of nitrogens with one attached hydrogen (secondary N) is 2. The van der Waals surface area contributed by atoms with Crippen LogP contribution in [0.15, 0.2) is 35.4 Å². The fourth-order valence-corrected chi connectivity index (χ4v) is 3.73. The molecule has 1 aromatic heterocycles. The summed E-state index contributed by atoms with van der Waals surface area (Å²) in [7, 11) is -2.13. The van der Waals surface area contributed by atoms with Gasteiger partial charge in [-0.15, -0.1) is 0 Å². The van der Waals surface area contributed by atoms with Crippen LogP contribution in [0.4, 0.5) is 11.5 Å². The van der Waals surface area contributed by atoms with Crippen molar-refractivity contribution in [2.45, 2.75) is 45.1 Å². The third-order valence-corrected chi connectivity index (χ3v) is 5.53. The fraction of sp³-hybridized carbons (Fsp3) is 0.389. The lowest BCUT2D eigenvalue weighted by Gasteiger charge is -2.14. The minimum atomic E-state index is -3.70. The quantitative estimate of drug-likeness (QED) is 0.784. The van der Waals surface area contributed by atoms with E-state index in [0.717, 1.165) is 12.0 Å². The number of anilines is 2. The molecule has 2 aromatic rings. The summed E-state index contributed by atoms with van der Waals surface area (Å²) in [6.07, 6.45) is 2.49. The molecule has 2 N–H and O–H groups in total. The van der Waals surface area contributed by atoms with E-state index in [-0.39, 0.29) is 4.90 Å². The van der Waals surface area contributed by atoms with E-state index < -0.39 is 10.0 Å². The van der Waals surface area contributed by atoms with Gasteiger partial charge in [-0.2, -0.15) is 0 Å². The van der Waals surface area contributed by atoms with Crippen LogP contribution in [0.5, 0.6) is 5.75 Å². The summed E-state index contributed by atoms with van der Waals surface area (Å²) in [5.74, 6) is 1.38. The van der Waals surface area contributed by atoms with Gasteiger partial charge >= 0.3 is 0 Å². The van der Waals surface area contributed by atoms with Crippen molar-refractivity contribution in [3.63, 3.8) is 0 Å². The van der Waals surface area contributed by atoms with Gasteiger partial charge < -0.3 is 10.1 Å². The summed E-state index contributed by atoms with van der Waals surface area (Å²) in [6.45, 7) is 7.70. The van der Waals surface area contributed by atoms with Gasteiger partial charge in [0.25, 0.3) is 10.0 Å². The van der Waals surface area contributed by atoms with E-state index >= 15 is 0 Å². The number of hydrogen-bond acceptors (Lipinski definition) is 5. The van der Waals surface area contributed by atoms with Crippen molar-refractivity contribution >= 4 is 21.5 Å². The number of hydrogen-bond donors (Lipinski definition) is 2. The zero-order valence-electron chi connectivity index (χ0n) is 15.3. The number of aryl methyl sites for hydroxylation is 2. The molecule has 0 amide bonds. The van der Waals surface area contributed by atoms with Crippen molar-refractivity contribution in [2.24, 2.45) is 0 Å². The number of methoxy groups -OCH3 is 1. The van der Waals surface area contributed by atoms with Crippen molar-refractivity contribution in [2.75, 3.05) is 17.1 Å². The number of rotatable bonds is 7. The minimum absolute atomic E-state index is 0.229. The lowest BCUT2D eigenvalue weighted by atomic mass is 10.1. The monoisotopic (exact) mass is 363 g/mol. The van der Waals surface area contributed by atoms with E-state index in [0.29, 0.717) is 28.9 Å². The molecule has 0 bridgehead atoms. The Bertz CT molecular complexity index is 833. The molecule has 2 rings (SSSR count). The van der Waals surface area contributed by atoms with Crippen LogP contribution < -0.4 is 14.8 Å². The summed E-state index contributed by atoms with van der Waals surface area (Å²) in [6, 6.07) is 7.10.